The summed E-state index contributed by atoms with van der Waals surface area (Å²) in [6, 6.07) is 20.1. The van der Waals surface area contributed by atoms with Crippen molar-refractivity contribution in [1.29, 1.82) is 0 Å². The molecule has 5 nitrogen and oxygen atoms in total. The highest BCUT2D eigenvalue weighted by molar-refractivity contribution is 6.30. The molecule has 142 valence electrons. The average Bonchev–Trinajstić information content (AvgIpc) is 2.69. The van der Waals surface area contributed by atoms with Gasteiger partial charge in [-0.25, -0.2) is 0 Å². The lowest BCUT2D eigenvalue weighted by molar-refractivity contribution is -0.118. The molecule has 0 saturated heterocycles. The Bertz CT molecular complexity index is 1000. The molecule has 1 N–H and O–H groups in total. The van der Waals surface area contributed by atoms with Crippen molar-refractivity contribution in [1.82, 2.24) is 0 Å². The first-order valence-electron chi connectivity index (χ1n) is 8.77. The number of benzene rings is 3. The summed E-state index contributed by atoms with van der Waals surface area (Å²) in [7, 11) is 0. The topological polar surface area (TPSA) is 63.0 Å². The molecule has 0 radical (unpaired) electrons. The van der Waals surface area contributed by atoms with E-state index in [2.05, 4.69) is 15.5 Å². The van der Waals surface area contributed by atoms with Crippen LogP contribution in [0.3, 0.4) is 0 Å². The van der Waals surface area contributed by atoms with Crippen LogP contribution in [0.1, 0.15) is 11.1 Å². The quantitative estimate of drug-likeness (QED) is 0.493. The van der Waals surface area contributed by atoms with Crippen LogP contribution in [0.5, 0.6) is 5.75 Å². The third kappa shape index (κ3) is 5.41. The molecule has 28 heavy (non-hydrogen) atoms. The molecule has 3 aromatic rings. The number of halogens is 1. The Kier molecular flexibility index (Phi) is 6.40. The van der Waals surface area contributed by atoms with Gasteiger partial charge in [0.15, 0.2) is 6.61 Å². The maximum Gasteiger partial charge on any atom is 0.262 e. The molecule has 0 spiro atoms. The van der Waals surface area contributed by atoms with E-state index < -0.39 is 0 Å². The Morgan fingerprint density at radius 1 is 0.964 bits per heavy atom. The third-order valence-corrected chi connectivity index (χ3v) is 4.31. The van der Waals surface area contributed by atoms with E-state index in [4.69, 9.17) is 16.3 Å². The van der Waals surface area contributed by atoms with Crippen LogP contribution in [-0.2, 0) is 4.79 Å². The minimum Gasteiger partial charge on any atom is -0.484 e. The Hall–Kier alpha value is -3.18. The number of hydrogen-bond donors (Lipinski definition) is 1. The van der Waals surface area contributed by atoms with Gasteiger partial charge in [-0.2, -0.15) is 10.2 Å². The number of amides is 1. The molecule has 3 aromatic carbocycles. The monoisotopic (exact) mass is 393 g/mol. The zero-order chi connectivity index (χ0) is 19.9. The van der Waals surface area contributed by atoms with Crippen LogP contribution in [0.25, 0.3) is 0 Å². The first-order valence-corrected chi connectivity index (χ1v) is 9.15. The van der Waals surface area contributed by atoms with Gasteiger partial charge in [-0.05, 0) is 73.5 Å². The molecule has 3 rings (SSSR count). The molecule has 1 amide bonds. The van der Waals surface area contributed by atoms with Crippen molar-refractivity contribution in [2.45, 2.75) is 13.8 Å². The second-order valence-electron chi connectivity index (χ2n) is 6.28. The molecule has 0 atom stereocenters. The van der Waals surface area contributed by atoms with E-state index >= 15 is 0 Å². The van der Waals surface area contributed by atoms with E-state index in [-0.39, 0.29) is 12.5 Å². The summed E-state index contributed by atoms with van der Waals surface area (Å²) in [5, 5.41) is 12.0. The number of carbonyl (C=O) groups excluding carboxylic acids is 1. The molecule has 0 bridgehead atoms. The minimum atomic E-state index is -0.243. The number of azo groups is 1. The Balaban J connectivity index is 1.59. The predicted molar refractivity (Wildman–Crippen MR) is 112 cm³/mol. The largest absolute Gasteiger partial charge is 0.484 e. The smallest absolute Gasteiger partial charge is 0.262 e. The first-order chi connectivity index (χ1) is 13.5. The van der Waals surface area contributed by atoms with Gasteiger partial charge in [0.1, 0.15) is 5.75 Å². The standard InChI is InChI=1S/C22H20ClN3O2/c1-15-5-3-4-6-21(15)26-25-18-9-12-20(16(2)13-18)24-22(27)14-28-19-10-7-17(23)8-11-19/h3-13H,14H2,1-2H3,(H,24,27). The van der Waals surface area contributed by atoms with E-state index in [0.29, 0.717) is 16.5 Å². The van der Waals surface area contributed by atoms with Crippen LogP contribution in [0.4, 0.5) is 17.1 Å². The third-order valence-electron chi connectivity index (χ3n) is 4.06. The zero-order valence-electron chi connectivity index (χ0n) is 15.6. The molecular weight excluding hydrogens is 374 g/mol. The zero-order valence-corrected chi connectivity index (χ0v) is 16.4. The molecule has 0 fully saturated rings. The van der Waals surface area contributed by atoms with Gasteiger partial charge in [0.2, 0.25) is 0 Å². The fourth-order valence-electron chi connectivity index (χ4n) is 2.50. The highest BCUT2D eigenvalue weighted by Crippen LogP contribution is 2.25. The van der Waals surface area contributed by atoms with Crippen molar-refractivity contribution in [2.75, 3.05) is 11.9 Å². The molecular formula is C22H20ClN3O2. The lowest BCUT2D eigenvalue weighted by Crippen LogP contribution is -2.20. The summed E-state index contributed by atoms with van der Waals surface area (Å²) in [5.74, 6) is 0.343. The van der Waals surface area contributed by atoms with Gasteiger partial charge in [-0.15, -0.1) is 0 Å². The number of carbonyl (C=O) groups is 1. The number of nitrogens with one attached hydrogen (secondary N) is 1. The molecule has 0 heterocycles. The lowest BCUT2D eigenvalue weighted by Gasteiger charge is -2.10. The van der Waals surface area contributed by atoms with Crippen LogP contribution in [0.2, 0.25) is 5.02 Å². The molecule has 0 unspecified atom stereocenters. The van der Waals surface area contributed by atoms with Crippen LogP contribution >= 0.6 is 11.6 Å². The molecule has 0 aromatic heterocycles. The van der Waals surface area contributed by atoms with E-state index in [9.17, 15) is 4.79 Å². The van der Waals surface area contributed by atoms with Gasteiger partial charge < -0.3 is 10.1 Å². The van der Waals surface area contributed by atoms with Gasteiger partial charge in [0, 0.05) is 10.7 Å². The number of nitrogens with zero attached hydrogens (tertiary/aromatic N) is 2. The number of hydrogen-bond acceptors (Lipinski definition) is 4. The van der Waals surface area contributed by atoms with Crippen molar-refractivity contribution in [3.8, 4) is 5.75 Å². The van der Waals surface area contributed by atoms with Gasteiger partial charge in [0.25, 0.3) is 5.91 Å². The SMILES string of the molecule is Cc1ccccc1N=Nc1ccc(NC(=O)COc2ccc(Cl)cc2)c(C)c1. The second kappa shape index (κ2) is 9.15. The van der Waals surface area contributed by atoms with Gasteiger partial charge >= 0.3 is 0 Å². The average molecular weight is 394 g/mol. The molecule has 0 aliphatic carbocycles. The summed E-state index contributed by atoms with van der Waals surface area (Å²) in [6.45, 7) is 3.81. The maximum atomic E-state index is 12.1. The van der Waals surface area contributed by atoms with E-state index in [0.717, 1.165) is 22.5 Å². The maximum absolute atomic E-state index is 12.1. The van der Waals surface area contributed by atoms with Crippen LogP contribution in [-0.4, -0.2) is 12.5 Å². The van der Waals surface area contributed by atoms with Crippen molar-refractivity contribution < 1.29 is 9.53 Å². The molecule has 0 aliphatic rings. The Labute approximate surface area is 169 Å². The summed E-state index contributed by atoms with van der Waals surface area (Å²) in [5.41, 5.74) is 4.21. The number of aryl methyl sites for hydroxylation is 2. The van der Waals surface area contributed by atoms with Crippen LogP contribution in [0.15, 0.2) is 77.0 Å². The highest BCUT2D eigenvalue weighted by Gasteiger charge is 2.07. The first kappa shape index (κ1) is 19.6. The minimum absolute atomic E-state index is 0.0875. The highest BCUT2D eigenvalue weighted by atomic mass is 35.5. The van der Waals surface area contributed by atoms with Crippen LogP contribution in [0, 0.1) is 13.8 Å². The van der Waals surface area contributed by atoms with Gasteiger partial charge in [-0.1, -0.05) is 29.8 Å². The summed E-state index contributed by atoms with van der Waals surface area (Å²) < 4.78 is 5.45. The van der Waals surface area contributed by atoms with E-state index in [1.54, 1.807) is 24.3 Å². The van der Waals surface area contributed by atoms with Crippen molar-refractivity contribution >= 4 is 34.6 Å². The Morgan fingerprint density at radius 2 is 1.71 bits per heavy atom. The number of rotatable bonds is 6. The Morgan fingerprint density at radius 3 is 2.43 bits per heavy atom. The second-order valence-corrected chi connectivity index (χ2v) is 6.71. The normalized spacial score (nSPS) is 10.8. The van der Waals surface area contributed by atoms with E-state index in [1.165, 1.54) is 0 Å². The fraction of sp³-hybridized carbons (Fsp3) is 0.136. The molecule has 0 saturated carbocycles. The lowest BCUT2D eigenvalue weighted by atomic mass is 10.2. The summed E-state index contributed by atoms with van der Waals surface area (Å²) in [4.78, 5) is 12.1. The number of anilines is 1. The fourth-order valence-corrected chi connectivity index (χ4v) is 2.63. The van der Waals surface area contributed by atoms with Gasteiger partial charge in [-0.3, -0.25) is 4.79 Å². The van der Waals surface area contributed by atoms with Crippen molar-refractivity contribution in [3.63, 3.8) is 0 Å². The van der Waals surface area contributed by atoms with Crippen molar-refractivity contribution in [2.24, 2.45) is 10.2 Å². The summed E-state index contributed by atoms with van der Waals surface area (Å²) >= 11 is 5.83. The van der Waals surface area contributed by atoms with Crippen LogP contribution < -0.4 is 10.1 Å². The van der Waals surface area contributed by atoms with Gasteiger partial charge in [0.05, 0.1) is 11.4 Å². The predicted octanol–water partition coefficient (Wildman–Crippen LogP) is 6.39. The van der Waals surface area contributed by atoms with E-state index in [1.807, 2.05) is 56.3 Å². The van der Waals surface area contributed by atoms with Crippen molar-refractivity contribution in [3.05, 3.63) is 82.9 Å². The molecule has 6 heteroatoms. The molecule has 0 aliphatic heterocycles. The number of ether oxygens (including phenoxy) is 1. The summed E-state index contributed by atoms with van der Waals surface area (Å²) in [6.07, 6.45) is 0.